The van der Waals surface area contributed by atoms with Gasteiger partial charge in [-0.05, 0) is 35.4 Å². The van der Waals surface area contributed by atoms with Crippen molar-refractivity contribution in [2.45, 2.75) is 19.8 Å². The molecule has 1 nitrogen and oxygen atoms in total. The van der Waals surface area contributed by atoms with E-state index in [2.05, 4.69) is 25.1 Å². The van der Waals surface area contributed by atoms with Crippen LogP contribution in [0.3, 0.4) is 0 Å². The third kappa shape index (κ3) is 2.50. The van der Waals surface area contributed by atoms with Crippen LogP contribution in [-0.2, 0) is 0 Å². The molecular formula is C14H15O. The van der Waals surface area contributed by atoms with Gasteiger partial charge in [0.15, 0.2) is 0 Å². The van der Waals surface area contributed by atoms with Gasteiger partial charge in [-0.3, -0.25) is 0 Å². The van der Waals surface area contributed by atoms with Gasteiger partial charge in [0.2, 0.25) is 0 Å². The molecule has 0 saturated carbocycles. The zero-order valence-corrected chi connectivity index (χ0v) is 8.99. The molecule has 0 unspecified atom stereocenters. The Labute approximate surface area is 90.7 Å². The molecule has 1 heteroatoms. The third-order valence-electron chi connectivity index (χ3n) is 2.40. The smallest absolute Gasteiger partial charge is 0.119 e. The summed E-state index contributed by atoms with van der Waals surface area (Å²) < 4.78 is 5.63. The monoisotopic (exact) mass is 199 g/mol. The molecule has 0 atom stereocenters. The quantitative estimate of drug-likeness (QED) is 0.680. The first kappa shape index (κ1) is 10.0. The molecule has 0 N–H and O–H groups in total. The van der Waals surface area contributed by atoms with Gasteiger partial charge in [-0.25, -0.2) is 0 Å². The van der Waals surface area contributed by atoms with Crippen LogP contribution in [-0.4, -0.2) is 6.61 Å². The molecule has 0 bridgehead atoms. The Kier molecular flexibility index (Phi) is 3.23. The highest BCUT2D eigenvalue weighted by Crippen LogP contribution is 2.20. The van der Waals surface area contributed by atoms with Crippen molar-refractivity contribution >= 4 is 10.8 Å². The molecule has 0 spiro atoms. The average Bonchev–Trinajstić information content (AvgIpc) is 2.29. The first-order valence-corrected chi connectivity index (χ1v) is 5.43. The molecule has 2 rings (SSSR count). The number of unbranched alkanes of at least 4 members (excludes halogenated alkanes) is 1. The minimum atomic E-state index is 0.800. The second kappa shape index (κ2) is 4.83. The fourth-order valence-corrected chi connectivity index (χ4v) is 1.52. The summed E-state index contributed by atoms with van der Waals surface area (Å²) >= 11 is 0. The van der Waals surface area contributed by atoms with Crippen LogP contribution >= 0.6 is 0 Å². The van der Waals surface area contributed by atoms with Crippen LogP contribution in [0.4, 0.5) is 0 Å². The molecule has 15 heavy (non-hydrogen) atoms. The summed E-state index contributed by atoms with van der Waals surface area (Å²) in [4.78, 5) is 0. The summed E-state index contributed by atoms with van der Waals surface area (Å²) in [6.07, 6.45) is 2.27. The maximum absolute atomic E-state index is 5.63. The van der Waals surface area contributed by atoms with Gasteiger partial charge in [0.1, 0.15) is 5.75 Å². The Morgan fingerprint density at radius 2 is 2.20 bits per heavy atom. The maximum atomic E-state index is 5.63. The normalized spacial score (nSPS) is 10.5. The number of benzene rings is 2. The van der Waals surface area contributed by atoms with Gasteiger partial charge in [-0.1, -0.05) is 37.6 Å². The number of fused-ring (bicyclic) bond motifs is 1. The lowest BCUT2D eigenvalue weighted by Crippen LogP contribution is -1.95. The van der Waals surface area contributed by atoms with E-state index in [-0.39, 0.29) is 0 Å². The molecule has 77 valence electrons. The molecule has 0 aliphatic rings. The van der Waals surface area contributed by atoms with Crippen LogP contribution in [0.5, 0.6) is 5.75 Å². The lowest BCUT2D eigenvalue weighted by molar-refractivity contribution is 0.310. The van der Waals surface area contributed by atoms with Crippen LogP contribution in [0.25, 0.3) is 10.8 Å². The Morgan fingerprint density at radius 3 is 3.07 bits per heavy atom. The van der Waals surface area contributed by atoms with Gasteiger partial charge >= 0.3 is 0 Å². The average molecular weight is 199 g/mol. The minimum absolute atomic E-state index is 0.800. The predicted molar refractivity (Wildman–Crippen MR) is 63.2 cm³/mol. The van der Waals surface area contributed by atoms with Crippen molar-refractivity contribution < 1.29 is 4.74 Å². The molecule has 0 fully saturated rings. The largest absolute Gasteiger partial charge is 0.494 e. The van der Waals surface area contributed by atoms with E-state index in [4.69, 9.17) is 4.74 Å². The van der Waals surface area contributed by atoms with Crippen LogP contribution < -0.4 is 4.74 Å². The van der Waals surface area contributed by atoms with Crippen LogP contribution in [0.15, 0.2) is 36.4 Å². The van der Waals surface area contributed by atoms with E-state index >= 15 is 0 Å². The number of hydrogen-bond donors (Lipinski definition) is 0. The Hall–Kier alpha value is -1.50. The van der Waals surface area contributed by atoms with Crippen molar-refractivity contribution in [2.75, 3.05) is 6.61 Å². The molecule has 2 aromatic rings. The first-order chi connectivity index (χ1) is 7.40. The van der Waals surface area contributed by atoms with Gasteiger partial charge in [0, 0.05) is 0 Å². The van der Waals surface area contributed by atoms with Gasteiger partial charge in [-0.15, -0.1) is 0 Å². The zero-order chi connectivity index (χ0) is 10.5. The van der Waals surface area contributed by atoms with Gasteiger partial charge in [0.25, 0.3) is 0 Å². The van der Waals surface area contributed by atoms with Gasteiger partial charge < -0.3 is 4.74 Å². The van der Waals surface area contributed by atoms with E-state index in [0.717, 1.165) is 24.2 Å². The highest BCUT2D eigenvalue weighted by atomic mass is 16.5. The van der Waals surface area contributed by atoms with Crippen molar-refractivity contribution in [1.29, 1.82) is 0 Å². The van der Waals surface area contributed by atoms with Crippen molar-refractivity contribution in [3.8, 4) is 5.75 Å². The maximum Gasteiger partial charge on any atom is 0.119 e. The lowest BCUT2D eigenvalue weighted by Gasteiger charge is -2.06. The SMILES string of the molecule is CCCCOc1ccc2ccc[c]c2c1. The van der Waals surface area contributed by atoms with Gasteiger partial charge in [0.05, 0.1) is 6.61 Å². The minimum Gasteiger partial charge on any atom is -0.494 e. The lowest BCUT2D eigenvalue weighted by atomic mass is 10.1. The van der Waals surface area contributed by atoms with Crippen molar-refractivity contribution in [2.24, 2.45) is 0 Å². The topological polar surface area (TPSA) is 9.23 Å². The molecule has 0 saturated heterocycles. The fraction of sp³-hybridized carbons (Fsp3) is 0.286. The van der Waals surface area contributed by atoms with Crippen molar-refractivity contribution in [3.05, 3.63) is 42.5 Å². The molecule has 0 aliphatic heterocycles. The van der Waals surface area contributed by atoms with Crippen molar-refractivity contribution in [3.63, 3.8) is 0 Å². The summed E-state index contributed by atoms with van der Waals surface area (Å²) in [5.41, 5.74) is 0. The van der Waals surface area contributed by atoms with Crippen LogP contribution in [0.2, 0.25) is 0 Å². The Bertz CT molecular complexity index is 434. The molecule has 1 radical (unpaired) electrons. The molecule has 2 aromatic carbocycles. The van der Waals surface area contributed by atoms with Gasteiger partial charge in [-0.2, -0.15) is 0 Å². The van der Waals surface area contributed by atoms with E-state index < -0.39 is 0 Å². The summed E-state index contributed by atoms with van der Waals surface area (Å²) in [6, 6.07) is 15.4. The third-order valence-corrected chi connectivity index (χ3v) is 2.40. The zero-order valence-electron chi connectivity index (χ0n) is 8.99. The molecule has 0 amide bonds. The number of hydrogen-bond acceptors (Lipinski definition) is 1. The van der Waals surface area contributed by atoms with E-state index in [9.17, 15) is 0 Å². The van der Waals surface area contributed by atoms with E-state index in [1.807, 2.05) is 24.3 Å². The summed E-state index contributed by atoms with van der Waals surface area (Å²) in [7, 11) is 0. The fourth-order valence-electron chi connectivity index (χ4n) is 1.52. The van der Waals surface area contributed by atoms with E-state index in [1.165, 1.54) is 11.8 Å². The molecular weight excluding hydrogens is 184 g/mol. The van der Waals surface area contributed by atoms with Crippen molar-refractivity contribution in [1.82, 2.24) is 0 Å². The number of rotatable bonds is 4. The summed E-state index contributed by atoms with van der Waals surface area (Å²) in [6.45, 7) is 2.96. The Morgan fingerprint density at radius 1 is 1.27 bits per heavy atom. The number of ether oxygens (including phenoxy) is 1. The Balaban J connectivity index is 2.16. The van der Waals surface area contributed by atoms with E-state index in [1.54, 1.807) is 0 Å². The molecule has 0 heterocycles. The second-order valence-electron chi connectivity index (χ2n) is 3.62. The van der Waals surface area contributed by atoms with E-state index in [0.29, 0.717) is 0 Å². The highest BCUT2D eigenvalue weighted by molar-refractivity contribution is 5.83. The molecule has 0 aliphatic carbocycles. The first-order valence-electron chi connectivity index (χ1n) is 5.43. The summed E-state index contributed by atoms with van der Waals surface area (Å²) in [5, 5.41) is 2.33. The predicted octanol–water partition coefficient (Wildman–Crippen LogP) is 3.82. The highest BCUT2D eigenvalue weighted by Gasteiger charge is 1.96. The molecule has 0 aromatic heterocycles. The summed E-state index contributed by atoms with van der Waals surface area (Å²) in [5.74, 6) is 0.943. The van der Waals surface area contributed by atoms with Crippen LogP contribution in [0.1, 0.15) is 19.8 Å². The second-order valence-corrected chi connectivity index (χ2v) is 3.62. The standard InChI is InChI=1S/C14H15O/c1-2-3-10-15-14-9-8-12-6-4-5-7-13(12)11-14/h4-6,8-9,11H,2-3,10H2,1H3. The van der Waals surface area contributed by atoms with Crippen LogP contribution in [0, 0.1) is 6.07 Å².